The summed E-state index contributed by atoms with van der Waals surface area (Å²) in [6.07, 6.45) is 1.04. The van der Waals surface area contributed by atoms with Crippen molar-refractivity contribution >= 4 is 17.0 Å². The van der Waals surface area contributed by atoms with Gasteiger partial charge in [-0.25, -0.2) is 0 Å². The highest BCUT2D eigenvalue weighted by Crippen LogP contribution is 2.28. The Bertz CT molecular complexity index is 479. The number of nitrogens with one attached hydrogen (secondary N) is 1. The van der Waals surface area contributed by atoms with Crippen LogP contribution in [0.25, 0.3) is 0 Å². The second-order valence-corrected chi connectivity index (χ2v) is 5.10. The van der Waals surface area contributed by atoms with Gasteiger partial charge in [0, 0.05) is 10.6 Å². The summed E-state index contributed by atoms with van der Waals surface area (Å²) in [6, 6.07) is 10.0. The van der Waals surface area contributed by atoms with Crippen LogP contribution in [0.1, 0.15) is 29.8 Å². The minimum atomic E-state index is 0.317. The van der Waals surface area contributed by atoms with Crippen molar-refractivity contribution in [3.05, 3.63) is 46.2 Å². The fourth-order valence-electron chi connectivity index (χ4n) is 1.86. The maximum Gasteiger partial charge on any atom is 0.115 e. The highest BCUT2D eigenvalue weighted by atomic mass is 32.1. The standard InChI is InChI=1S/C14H17NOS/c1-3-12(14-5-4-8-17-14)15-13-7-6-11(16)9-10(13)2/h4-9,12,15-16H,3H2,1-2H3. The molecule has 0 fully saturated rings. The van der Waals surface area contributed by atoms with E-state index in [-0.39, 0.29) is 0 Å². The molecular formula is C14H17NOS. The predicted octanol–water partition coefficient (Wildman–Crippen LogP) is 4.33. The molecule has 1 aromatic heterocycles. The van der Waals surface area contributed by atoms with Gasteiger partial charge in [0.05, 0.1) is 6.04 Å². The Morgan fingerprint density at radius 3 is 2.76 bits per heavy atom. The van der Waals surface area contributed by atoms with Crippen LogP contribution in [-0.2, 0) is 0 Å². The first-order valence-electron chi connectivity index (χ1n) is 5.80. The highest BCUT2D eigenvalue weighted by Gasteiger charge is 2.11. The van der Waals surface area contributed by atoms with E-state index in [0.29, 0.717) is 11.8 Å². The molecule has 3 heteroatoms. The van der Waals surface area contributed by atoms with Gasteiger partial charge in [0.2, 0.25) is 0 Å². The van der Waals surface area contributed by atoms with Crippen LogP contribution in [0.3, 0.4) is 0 Å². The molecule has 1 atom stereocenters. The predicted molar refractivity (Wildman–Crippen MR) is 73.8 cm³/mol. The summed E-state index contributed by atoms with van der Waals surface area (Å²) in [5.74, 6) is 0.317. The van der Waals surface area contributed by atoms with Gasteiger partial charge in [-0.3, -0.25) is 0 Å². The Labute approximate surface area is 106 Å². The van der Waals surface area contributed by atoms with Crippen molar-refractivity contribution in [1.82, 2.24) is 0 Å². The minimum Gasteiger partial charge on any atom is -0.508 e. The van der Waals surface area contributed by atoms with Crippen LogP contribution >= 0.6 is 11.3 Å². The zero-order valence-corrected chi connectivity index (χ0v) is 10.9. The molecule has 0 saturated carbocycles. The van der Waals surface area contributed by atoms with Gasteiger partial charge < -0.3 is 10.4 Å². The number of hydrogen-bond acceptors (Lipinski definition) is 3. The molecule has 2 nitrogen and oxygen atoms in total. The third kappa shape index (κ3) is 2.80. The fraction of sp³-hybridized carbons (Fsp3) is 0.286. The second-order valence-electron chi connectivity index (χ2n) is 4.12. The second kappa shape index (κ2) is 5.23. The molecule has 0 aliphatic heterocycles. The van der Waals surface area contributed by atoms with Crippen molar-refractivity contribution in [2.75, 3.05) is 5.32 Å². The summed E-state index contributed by atoms with van der Waals surface area (Å²) >= 11 is 1.77. The highest BCUT2D eigenvalue weighted by molar-refractivity contribution is 7.10. The molecule has 2 rings (SSSR count). The van der Waals surface area contributed by atoms with Crippen LogP contribution in [0.2, 0.25) is 0 Å². The molecule has 0 radical (unpaired) electrons. The molecule has 2 aromatic rings. The smallest absolute Gasteiger partial charge is 0.115 e. The number of aryl methyl sites for hydroxylation is 1. The van der Waals surface area contributed by atoms with Crippen LogP contribution in [0.5, 0.6) is 5.75 Å². The maximum atomic E-state index is 9.39. The average Bonchev–Trinajstić information content (AvgIpc) is 2.81. The lowest BCUT2D eigenvalue weighted by molar-refractivity contribution is 0.475. The lowest BCUT2D eigenvalue weighted by Gasteiger charge is -2.18. The maximum absolute atomic E-state index is 9.39. The first-order chi connectivity index (χ1) is 8.20. The van der Waals surface area contributed by atoms with Gasteiger partial charge in [-0.05, 0) is 48.6 Å². The van der Waals surface area contributed by atoms with E-state index in [9.17, 15) is 5.11 Å². The van der Waals surface area contributed by atoms with E-state index >= 15 is 0 Å². The van der Waals surface area contributed by atoms with E-state index in [2.05, 4.69) is 29.8 Å². The van der Waals surface area contributed by atoms with Gasteiger partial charge >= 0.3 is 0 Å². The van der Waals surface area contributed by atoms with Gasteiger partial charge in [-0.15, -0.1) is 11.3 Å². The van der Waals surface area contributed by atoms with Crippen molar-refractivity contribution in [3.63, 3.8) is 0 Å². The quantitative estimate of drug-likeness (QED) is 0.788. The summed E-state index contributed by atoms with van der Waals surface area (Å²) in [5.41, 5.74) is 2.16. The number of aromatic hydroxyl groups is 1. The van der Waals surface area contributed by atoms with Crippen molar-refractivity contribution in [2.45, 2.75) is 26.3 Å². The van der Waals surface area contributed by atoms with Crippen molar-refractivity contribution < 1.29 is 5.11 Å². The van der Waals surface area contributed by atoms with Crippen LogP contribution in [-0.4, -0.2) is 5.11 Å². The molecule has 0 amide bonds. The third-order valence-corrected chi connectivity index (χ3v) is 3.82. The molecule has 1 aromatic carbocycles. The van der Waals surface area contributed by atoms with E-state index in [4.69, 9.17) is 0 Å². The molecule has 1 heterocycles. The van der Waals surface area contributed by atoms with Gasteiger partial charge in [0.25, 0.3) is 0 Å². The normalized spacial score (nSPS) is 12.4. The summed E-state index contributed by atoms with van der Waals surface area (Å²) in [7, 11) is 0. The number of thiophene rings is 1. The molecule has 0 spiro atoms. The van der Waals surface area contributed by atoms with Crippen molar-refractivity contribution in [3.8, 4) is 5.75 Å². The number of phenolic OH excluding ortho intramolecular Hbond substituents is 1. The molecular weight excluding hydrogens is 230 g/mol. The van der Waals surface area contributed by atoms with Crippen LogP contribution in [0.4, 0.5) is 5.69 Å². The molecule has 0 bridgehead atoms. The monoisotopic (exact) mass is 247 g/mol. The van der Waals surface area contributed by atoms with E-state index in [0.717, 1.165) is 17.7 Å². The number of anilines is 1. The largest absolute Gasteiger partial charge is 0.508 e. The Hall–Kier alpha value is -1.48. The SMILES string of the molecule is CCC(Nc1ccc(O)cc1C)c1cccs1. The van der Waals surface area contributed by atoms with E-state index in [1.807, 2.05) is 13.0 Å². The molecule has 90 valence electrons. The Morgan fingerprint density at radius 2 is 2.18 bits per heavy atom. The summed E-state index contributed by atoms with van der Waals surface area (Å²) in [4.78, 5) is 1.35. The summed E-state index contributed by atoms with van der Waals surface area (Å²) in [5, 5.41) is 15.0. The zero-order chi connectivity index (χ0) is 12.3. The average molecular weight is 247 g/mol. The van der Waals surface area contributed by atoms with Gasteiger partial charge in [0.15, 0.2) is 0 Å². The molecule has 1 unspecified atom stereocenters. The zero-order valence-electron chi connectivity index (χ0n) is 10.1. The Kier molecular flexibility index (Phi) is 3.69. The minimum absolute atomic E-state index is 0.317. The number of benzene rings is 1. The molecule has 0 saturated heterocycles. The lowest BCUT2D eigenvalue weighted by Crippen LogP contribution is -2.08. The number of rotatable bonds is 4. The lowest BCUT2D eigenvalue weighted by atomic mass is 10.1. The fourth-order valence-corrected chi connectivity index (χ4v) is 2.72. The van der Waals surface area contributed by atoms with E-state index in [1.54, 1.807) is 23.5 Å². The first-order valence-corrected chi connectivity index (χ1v) is 6.68. The van der Waals surface area contributed by atoms with Crippen LogP contribution < -0.4 is 5.32 Å². The summed E-state index contributed by atoms with van der Waals surface area (Å²) < 4.78 is 0. The van der Waals surface area contributed by atoms with E-state index in [1.165, 1.54) is 4.88 Å². The molecule has 0 aliphatic rings. The van der Waals surface area contributed by atoms with Crippen LogP contribution in [0, 0.1) is 6.92 Å². The third-order valence-electron chi connectivity index (χ3n) is 2.83. The molecule has 17 heavy (non-hydrogen) atoms. The van der Waals surface area contributed by atoms with Gasteiger partial charge in [0.1, 0.15) is 5.75 Å². The number of phenols is 1. The van der Waals surface area contributed by atoms with Gasteiger partial charge in [-0.1, -0.05) is 13.0 Å². The number of hydrogen-bond donors (Lipinski definition) is 2. The Balaban J connectivity index is 2.19. The molecule has 2 N–H and O–H groups in total. The topological polar surface area (TPSA) is 32.3 Å². The molecule has 0 aliphatic carbocycles. The van der Waals surface area contributed by atoms with E-state index < -0.39 is 0 Å². The van der Waals surface area contributed by atoms with Crippen LogP contribution in [0.15, 0.2) is 35.7 Å². The van der Waals surface area contributed by atoms with Crippen molar-refractivity contribution in [1.29, 1.82) is 0 Å². The summed E-state index contributed by atoms with van der Waals surface area (Å²) in [6.45, 7) is 4.18. The van der Waals surface area contributed by atoms with Crippen molar-refractivity contribution in [2.24, 2.45) is 0 Å². The Morgan fingerprint density at radius 1 is 1.35 bits per heavy atom. The first kappa shape index (κ1) is 12.0. The van der Waals surface area contributed by atoms with Gasteiger partial charge in [-0.2, -0.15) is 0 Å².